The molecule has 40 heavy (non-hydrogen) atoms. The Morgan fingerprint density at radius 1 is 0.575 bits per heavy atom. The topological polar surface area (TPSA) is 43.6 Å². The molecule has 0 unspecified atom stereocenters. The van der Waals surface area contributed by atoms with Gasteiger partial charge in [0.1, 0.15) is 0 Å². The van der Waals surface area contributed by atoms with Crippen LogP contribution in [0.3, 0.4) is 0 Å². The quantitative estimate of drug-likeness (QED) is 0.228. The predicted octanol–water partition coefficient (Wildman–Crippen LogP) is 9.18. The van der Waals surface area contributed by atoms with Crippen LogP contribution < -0.4 is 0 Å². The first-order chi connectivity index (χ1) is 19.8. The second-order valence-corrected chi connectivity index (χ2v) is 10.8. The maximum atomic E-state index is 5.07. The zero-order valence-corrected chi connectivity index (χ0v) is 22.2. The van der Waals surface area contributed by atoms with E-state index in [1.54, 1.807) is 0 Å². The molecule has 4 nitrogen and oxygen atoms in total. The van der Waals surface area contributed by atoms with Crippen LogP contribution in [0.5, 0.6) is 0 Å². The fraction of sp³-hybridized carbons (Fsp3) is 0. The smallest absolute Gasteiger partial charge is 0.160 e. The van der Waals surface area contributed by atoms with Crippen LogP contribution in [0.1, 0.15) is 0 Å². The zero-order chi connectivity index (χ0) is 26.5. The molecule has 0 fully saturated rings. The third-order valence-corrected chi connectivity index (χ3v) is 8.50. The molecule has 0 radical (unpaired) electrons. The zero-order valence-electron chi connectivity index (χ0n) is 21.4. The Morgan fingerprint density at radius 2 is 1.23 bits per heavy atom. The highest BCUT2D eigenvalue weighted by molar-refractivity contribution is 7.26. The number of hydrogen-bond donors (Lipinski definition) is 0. The minimum Gasteiger partial charge on any atom is -0.306 e. The lowest BCUT2D eigenvalue weighted by Crippen LogP contribution is -1.96. The maximum Gasteiger partial charge on any atom is 0.160 e. The van der Waals surface area contributed by atoms with E-state index in [1.165, 1.54) is 25.7 Å². The van der Waals surface area contributed by atoms with Gasteiger partial charge in [-0.15, -0.1) is 11.3 Å². The first kappa shape index (κ1) is 22.8. The van der Waals surface area contributed by atoms with E-state index in [-0.39, 0.29) is 0 Å². The molecule has 0 saturated heterocycles. The Hall–Kier alpha value is -5.13. The summed E-state index contributed by atoms with van der Waals surface area (Å²) in [6.07, 6.45) is 3.84. The van der Waals surface area contributed by atoms with Crippen LogP contribution in [0.15, 0.2) is 134 Å². The van der Waals surface area contributed by atoms with Crippen LogP contribution in [0.4, 0.5) is 0 Å². The molecule has 0 spiro atoms. The van der Waals surface area contributed by atoms with Gasteiger partial charge in [0.05, 0.1) is 33.3 Å². The first-order valence-electron chi connectivity index (χ1n) is 13.2. The Labute approximate surface area is 234 Å². The number of para-hydroxylation sites is 1. The van der Waals surface area contributed by atoms with Crippen molar-refractivity contribution in [2.75, 3.05) is 0 Å². The van der Waals surface area contributed by atoms with Crippen molar-refractivity contribution in [3.63, 3.8) is 0 Å². The van der Waals surface area contributed by atoms with E-state index in [1.807, 2.05) is 60.1 Å². The SMILES string of the molecule is c1ccc(-c2cc(-c3ccccc3)nc(-c3ccc4sc5c6ccncc6n(-c6ccccc6)c5c4c3)n2)cc1. The van der Waals surface area contributed by atoms with Gasteiger partial charge in [0.2, 0.25) is 0 Å². The van der Waals surface area contributed by atoms with Crippen molar-refractivity contribution in [3.05, 3.63) is 134 Å². The average Bonchev–Trinajstić information content (AvgIpc) is 3.56. The molecule has 0 aliphatic heterocycles. The van der Waals surface area contributed by atoms with Crippen LogP contribution >= 0.6 is 11.3 Å². The van der Waals surface area contributed by atoms with Gasteiger partial charge >= 0.3 is 0 Å². The highest BCUT2D eigenvalue weighted by atomic mass is 32.1. The van der Waals surface area contributed by atoms with Crippen LogP contribution in [0.2, 0.25) is 0 Å². The van der Waals surface area contributed by atoms with Gasteiger partial charge in [-0.25, -0.2) is 9.97 Å². The van der Waals surface area contributed by atoms with Crippen molar-refractivity contribution < 1.29 is 0 Å². The minimum absolute atomic E-state index is 0.713. The molecular weight excluding hydrogens is 508 g/mol. The second kappa shape index (κ2) is 9.26. The molecule has 4 aromatic heterocycles. The van der Waals surface area contributed by atoms with Crippen LogP contribution in [0, 0.1) is 0 Å². The molecule has 5 heteroatoms. The largest absolute Gasteiger partial charge is 0.306 e. The molecule has 0 amide bonds. The molecular formula is C35H22N4S. The molecule has 0 aliphatic carbocycles. The average molecular weight is 531 g/mol. The lowest BCUT2D eigenvalue weighted by molar-refractivity contribution is 1.17. The predicted molar refractivity (Wildman–Crippen MR) is 166 cm³/mol. The van der Waals surface area contributed by atoms with Crippen LogP contribution in [-0.2, 0) is 0 Å². The Morgan fingerprint density at radius 3 is 1.90 bits per heavy atom. The third-order valence-electron chi connectivity index (χ3n) is 7.31. The number of benzene rings is 4. The van der Waals surface area contributed by atoms with Gasteiger partial charge < -0.3 is 4.57 Å². The minimum atomic E-state index is 0.713. The summed E-state index contributed by atoms with van der Waals surface area (Å²) in [6, 6.07) is 41.9. The maximum absolute atomic E-state index is 5.07. The number of nitrogens with zero attached hydrogens (tertiary/aromatic N) is 4. The van der Waals surface area contributed by atoms with Crippen LogP contribution in [-0.4, -0.2) is 19.5 Å². The standard InChI is InChI=1S/C35H22N4S/c1-4-10-23(11-5-1)29-21-30(24-12-6-2-7-13-24)38-35(37-29)25-16-17-32-28(20-25)33-34(40-32)27-18-19-36-22-31(27)39(33)26-14-8-3-9-15-26/h1-22H. The molecule has 4 aromatic carbocycles. The molecule has 0 atom stereocenters. The number of aromatic nitrogens is 4. The normalized spacial score (nSPS) is 11.5. The second-order valence-electron chi connectivity index (χ2n) is 9.75. The van der Waals surface area contributed by atoms with E-state index in [4.69, 9.17) is 9.97 Å². The molecule has 0 aliphatic rings. The summed E-state index contributed by atoms with van der Waals surface area (Å²) in [4.78, 5) is 14.6. The van der Waals surface area contributed by atoms with Crippen molar-refractivity contribution in [1.82, 2.24) is 19.5 Å². The lowest BCUT2D eigenvalue weighted by Gasteiger charge is -2.10. The Balaban J connectivity index is 1.40. The van der Waals surface area contributed by atoms with Gasteiger partial charge in [0, 0.05) is 44.0 Å². The van der Waals surface area contributed by atoms with E-state index in [9.17, 15) is 0 Å². The van der Waals surface area contributed by atoms with Gasteiger partial charge in [-0.3, -0.25) is 4.98 Å². The summed E-state index contributed by atoms with van der Waals surface area (Å²) in [5.74, 6) is 0.713. The number of fused-ring (bicyclic) bond motifs is 5. The third kappa shape index (κ3) is 3.71. The Bertz CT molecular complexity index is 2090. The van der Waals surface area contributed by atoms with Crippen molar-refractivity contribution in [3.8, 4) is 39.6 Å². The molecule has 0 N–H and O–H groups in total. The fourth-order valence-electron chi connectivity index (χ4n) is 5.44. The molecule has 188 valence electrons. The first-order valence-corrected chi connectivity index (χ1v) is 14.0. The van der Waals surface area contributed by atoms with Gasteiger partial charge in [-0.2, -0.15) is 0 Å². The summed E-state index contributed by atoms with van der Waals surface area (Å²) < 4.78 is 4.83. The molecule has 8 rings (SSSR count). The number of rotatable bonds is 4. The van der Waals surface area contributed by atoms with Crippen molar-refractivity contribution >= 4 is 42.5 Å². The summed E-state index contributed by atoms with van der Waals surface area (Å²) in [5.41, 5.74) is 8.36. The Kier molecular flexibility index (Phi) is 5.28. The highest BCUT2D eigenvalue weighted by Crippen LogP contribution is 2.43. The lowest BCUT2D eigenvalue weighted by atomic mass is 10.1. The van der Waals surface area contributed by atoms with E-state index < -0.39 is 0 Å². The molecule has 0 saturated carbocycles. The molecule has 0 bridgehead atoms. The number of pyridine rings is 1. The number of hydrogen-bond acceptors (Lipinski definition) is 4. The van der Waals surface area contributed by atoms with Crippen molar-refractivity contribution in [2.45, 2.75) is 0 Å². The monoisotopic (exact) mass is 530 g/mol. The van der Waals surface area contributed by atoms with E-state index >= 15 is 0 Å². The van der Waals surface area contributed by atoms with Gasteiger partial charge in [-0.05, 0) is 42.5 Å². The summed E-state index contributed by atoms with van der Waals surface area (Å²) in [7, 11) is 0. The van der Waals surface area contributed by atoms with Gasteiger partial charge in [-0.1, -0.05) is 78.9 Å². The van der Waals surface area contributed by atoms with E-state index in [0.29, 0.717) is 5.82 Å². The van der Waals surface area contributed by atoms with Crippen molar-refractivity contribution in [2.24, 2.45) is 0 Å². The van der Waals surface area contributed by atoms with E-state index in [0.717, 1.165) is 39.3 Å². The van der Waals surface area contributed by atoms with Gasteiger partial charge in [0.15, 0.2) is 5.82 Å². The highest BCUT2D eigenvalue weighted by Gasteiger charge is 2.19. The number of thiophene rings is 1. The van der Waals surface area contributed by atoms with Gasteiger partial charge in [0.25, 0.3) is 0 Å². The van der Waals surface area contributed by atoms with Crippen molar-refractivity contribution in [1.29, 1.82) is 0 Å². The summed E-state index contributed by atoms with van der Waals surface area (Å²) >= 11 is 1.82. The molecule has 8 aromatic rings. The fourth-order valence-corrected chi connectivity index (χ4v) is 6.64. The molecule has 4 heterocycles. The summed E-state index contributed by atoms with van der Waals surface area (Å²) in [6.45, 7) is 0. The van der Waals surface area contributed by atoms with E-state index in [2.05, 4.69) is 94.5 Å². The van der Waals surface area contributed by atoms with Crippen LogP contribution in [0.25, 0.3) is 70.8 Å². The summed E-state index contributed by atoms with van der Waals surface area (Å²) in [5, 5.41) is 2.40.